The van der Waals surface area contributed by atoms with Crippen LogP contribution < -0.4 is 5.32 Å². The highest BCUT2D eigenvalue weighted by atomic mass is 79.9. The quantitative estimate of drug-likeness (QED) is 0.129. The van der Waals surface area contributed by atoms with Crippen LogP contribution in [0.5, 0.6) is 0 Å². The fraction of sp³-hybridized carbons (Fsp3) is 0.391. The number of benzene rings is 4. The van der Waals surface area contributed by atoms with Gasteiger partial charge in [0.15, 0.2) is 0 Å². The first-order chi connectivity index (χ1) is 28.3. The Hall–Kier alpha value is -5.01. The summed E-state index contributed by atoms with van der Waals surface area (Å²) in [7, 11) is 1.36. The third-order valence-electron chi connectivity index (χ3n) is 10.9. The molecule has 4 aromatic carbocycles. The molecule has 2 fully saturated rings. The molecular weight excluding hydrogens is 827 g/mol. The molecule has 59 heavy (non-hydrogen) atoms. The second-order valence-corrected chi connectivity index (χ2v) is 16.1. The fourth-order valence-electron chi connectivity index (χ4n) is 7.58. The van der Waals surface area contributed by atoms with E-state index < -0.39 is 18.1 Å². The Kier molecular flexibility index (Phi) is 16.7. The Morgan fingerprint density at radius 2 is 1.32 bits per heavy atom. The standard InChI is InChI=1S/C44H50BrN3O4.C2HF3O2/c1-52-44(51)37-15-11-35(12-16-37)30-48(42(49)28-34-13-17-41(45)18-14-34)31-36-7-3-8-38(27-36)39-9-4-10-40(29-39)43(50)47-25-21-33(22-26-47)6-2-5-32-19-23-46-24-20-32;3-2(4,5)1(6)7/h3-4,7-18,27,29,32-33,46H,2,5-6,19-26,28,30-31H2,1H3;(H,6,7). The minimum absolute atomic E-state index is 0.00269. The Labute approximate surface area is 352 Å². The summed E-state index contributed by atoms with van der Waals surface area (Å²) in [6.07, 6.45) is 3.94. The zero-order chi connectivity index (χ0) is 42.4. The zero-order valence-electron chi connectivity index (χ0n) is 33.2. The molecule has 2 aliphatic rings. The van der Waals surface area contributed by atoms with Gasteiger partial charge in [-0.3, -0.25) is 9.59 Å². The lowest BCUT2D eigenvalue weighted by Crippen LogP contribution is -2.38. The molecule has 2 aliphatic heterocycles. The number of nitrogens with zero attached hydrogens (tertiary/aromatic N) is 2. The topological polar surface area (TPSA) is 116 Å². The van der Waals surface area contributed by atoms with Crippen LogP contribution in [-0.2, 0) is 33.8 Å². The van der Waals surface area contributed by atoms with Gasteiger partial charge in [0, 0.05) is 36.2 Å². The summed E-state index contributed by atoms with van der Waals surface area (Å²) in [5, 5.41) is 10.6. The molecule has 9 nitrogen and oxygen atoms in total. The molecule has 4 aromatic rings. The smallest absolute Gasteiger partial charge is 0.475 e. The van der Waals surface area contributed by atoms with Crippen LogP contribution in [0.25, 0.3) is 11.1 Å². The number of methoxy groups -OCH3 is 1. The predicted octanol–water partition coefficient (Wildman–Crippen LogP) is 9.33. The number of rotatable bonds is 13. The van der Waals surface area contributed by atoms with Gasteiger partial charge in [-0.2, -0.15) is 13.2 Å². The van der Waals surface area contributed by atoms with Gasteiger partial charge in [0.05, 0.1) is 19.1 Å². The average molecular weight is 879 g/mol. The normalized spacial score (nSPS) is 14.8. The average Bonchev–Trinajstić information content (AvgIpc) is 3.24. The summed E-state index contributed by atoms with van der Waals surface area (Å²) in [6.45, 7) is 4.79. The molecule has 0 saturated carbocycles. The van der Waals surface area contributed by atoms with E-state index in [9.17, 15) is 27.6 Å². The van der Waals surface area contributed by atoms with Crippen LogP contribution >= 0.6 is 15.9 Å². The zero-order valence-corrected chi connectivity index (χ0v) is 34.8. The van der Waals surface area contributed by atoms with E-state index in [-0.39, 0.29) is 18.2 Å². The molecule has 13 heteroatoms. The van der Waals surface area contributed by atoms with Gasteiger partial charge in [-0.1, -0.05) is 89.8 Å². The van der Waals surface area contributed by atoms with Crippen molar-refractivity contribution in [2.75, 3.05) is 33.3 Å². The summed E-state index contributed by atoms with van der Waals surface area (Å²) >= 11 is 3.48. The number of nitrogens with one attached hydrogen (secondary N) is 1. The molecule has 0 spiro atoms. The number of ether oxygens (including phenoxy) is 1. The molecule has 2 amide bonds. The first-order valence-corrected chi connectivity index (χ1v) is 20.8. The Bertz CT molecular complexity index is 2010. The Morgan fingerprint density at radius 3 is 1.93 bits per heavy atom. The maximum Gasteiger partial charge on any atom is 0.490 e. The van der Waals surface area contributed by atoms with Crippen LogP contribution in [0.4, 0.5) is 13.2 Å². The minimum Gasteiger partial charge on any atom is -0.475 e. The molecule has 0 bridgehead atoms. The van der Waals surface area contributed by atoms with Crippen molar-refractivity contribution in [2.24, 2.45) is 11.8 Å². The van der Waals surface area contributed by atoms with Crippen molar-refractivity contribution >= 4 is 39.7 Å². The summed E-state index contributed by atoms with van der Waals surface area (Å²) in [6, 6.07) is 31.2. The number of alkyl halides is 3. The lowest BCUT2D eigenvalue weighted by atomic mass is 9.87. The highest BCUT2D eigenvalue weighted by Crippen LogP contribution is 2.28. The monoisotopic (exact) mass is 877 g/mol. The van der Waals surface area contributed by atoms with Gasteiger partial charge >= 0.3 is 18.1 Å². The minimum atomic E-state index is -5.08. The number of hydrogen-bond acceptors (Lipinski definition) is 6. The van der Waals surface area contributed by atoms with E-state index in [1.165, 1.54) is 52.3 Å². The van der Waals surface area contributed by atoms with Gasteiger partial charge in [0.25, 0.3) is 5.91 Å². The number of piperidine rings is 2. The number of carbonyl (C=O) groups excluding carboxylic acids is 3. The number of aliphatic carboxylic acids is 1. The van der Waals surface area contributed by atoms with Crippen LogP contribution in [0.1, 0.15) is 82.4 Å². The summed E-state index contributed by atoms with van der Waals surface area (Å²) in [5.41, 5.74) is 6.01. The van der Waals surface area contributed by atoms with E-state index in [1.54, 1.807) is 12.1 Å². The number of amides is 2. The first-order valence-electron chi connectivity index (χ1n) is 20.0. The maximum absolute atomic E-state index is 13.8. The predicted molar refractivity (Wildman–Crippen MR) is 224 cm³/mol. The molecule has 6 rings (SSSR count). The van der Waals surface area contributed by atoms with Gasteiger partial charge in [0.1, 0.15) is 0 Å². The van der Waals surface area contributed by atoms with Crippen LogP contribution in [0.15, 0.2) is 102 Å². The van der Waals surface area contributed by atoms with E-state index in [4.69, 9.17) is 14.6 Å². The SMILES string of the molecule is COC(=O)c1ccc(CN(Cc2cccc(-c3cccc(C(=O)N4CCC(CCCC5CCNCC5)CC4)c3)c2)C(=O)Cc2ccc(Br)cc2)cc1.O=C(O)C(F)(F)F. The second-order valence-electron chi connectivity index (χ2n) is 15.2. The van der Waals surface area contributed by atoms with Crippen molar-refractivity contribution in [2.45, 2.75) is 70.6 Å². The van der Waals surface area contributed by atoms with Gasteiger partial charge < -0.3 is 25.0 Å². The van der Waals surface area contributed by atoms with Gasteiger partial charge in [-0.25, -0.2) is 9.59 Å². The van der Waals surface area contributed by atoms with E-state index in [0.29, 0.717) is 24.2 Å². The highest BCUT2D eigenvalue weighted by Gasteiger charge is 2.38. The third-order valence-corrected chi connectivity index (χ3v) is 11.5. The fourth-order valence-corrected chi connectivity index (χ4v) is 7.84. The third kappa shape index (κ3) is 14.1. The number of carbonyl (C=O) groups is 4. The Morgan fingerprint density at radius 1 is 0.763 bits per heavy atom. The van der Waals surface area contributed by atoms with E-state index >= 15 is 0 Å². The molecule has 0 aromatic heterocycles. The highest BCUT2D eigenvalue weighted by molar-refractivity contribution is 9.10. The first kappa shape index (κ1) is 45.1. The van der Waals surface area contributed by atoms with Crippen molar-refractivity contribution in [1.29, 1.82) is 0 Å². The van der Waals surface area contributed by atoms with E-state index in [2.05, 4.69) is 33.4 Å². The molecule has 0 unspecified atom stereocenters. The number of halogens is 4. The lowest BCUT2D eigenvalue weighted by molar-refractivity contribution is -0.192. The van der Waals surface area contributed by atoms with Crippen LogP contribution in [0.3, 0.4) is 0 Å². The summed E-state index contributed by atoms with van der Waals surface area (Å²) < 4.78 is 37.6. The second kappa shape index (κ2) is 21.8. The van der Waals surface area contributed by atoms with Crippen molar-refractivity contribution < 1.29 is 42.2 Å². The number of esters is 1. The van der Waals surface area contributed by atoms with Crippen molar-refractivity contribution in [3.8, 4) is 11.1 Å². The van der Waals surface area contributed by atoms with Gasteiger partial charge in [0.2, 0.25) is 5.91 Å². The molecule has 2 saturated heterocycles. The van der Waals surface area contributed by atoms with E-state index in [1.807, 2.05) is 82.6 Å². The molecule has 314 valence electrons. The molecular formula is C46H51BrF3N3O6. The summed E-state index contributed by atoms with van der Waals surface area (Å²) in [5.74, 6) is -1.43. The van der Waals surface area contributed by atoms with Crippen molar-refractivity contribution in [3.05, 3.63) is 129 Å². The lowest BCUT2D eigenvalue weighted by Gasteiger charge is -2.32. The van der Waals surface area contributed by atoms with Crippen molar-refractivity contribution in [1.82, 2.24) is 15.1 Å². The van der Waals surface area contributed by atoms with Crippen LogP contribution in [0, 0.1) is 11.8 Å². The van der Waals surface area contributed by atoms with Crippen LogP contribution in [-0.4, -0.2) is 78.1 Å². The number of hydrogen-bond donors (Lipinski definition) is 2. The Balaban J connectivity index is 0.000000867. The number of carboxylic acid groups (broad SMARTS) is 1. The van der Waals surface area contributed by atoms with Crippen molar-refractivity contribution in [3.63, 3.8) is 0 Å². The van der Waals surface area contributed by atoms with Gasteiger partial charge in [-0.05, 0) is 121 Å². The molecule has 2 heterocycles. The molecule has 0 atom stereocenters. The van der Waals surface area contributed by atoms with E-state index in [0.717, 1.165) is 70.1 Å². The maximum atomic E-state index is 13.8. The van der Waals surface area contributed by atoms with Gasteiger partial charge in [-0.15, -0.1) is 0 Å². The molecule has 2 N–H and O–H groups in total. The molecule has 0 radical (unpaired) electrons. The number of carboxylic acids is 1. The molecule has 0 aliphatic carbocycles. The summed E-state index contributed by atoms with van der Waals surface area (Å²) in [4.78, 5) is 52.2. The largest absolute Gasteiger partial charge is 0.490 e. The van der Waals surface area contributed by atoms with Crippen LogP contribution in [0.2, 0.25) is 0 Å². The number of likely N-dealkylation sites (tertiary alicyclic amines) is 1.